The van der Waals surface area contributed by atoms with Gasteiger partial charge in [-0.1, -0.05) is 19.9 Å². The first-order valence-corrected chi connectivity index (χ1v) is 5.05. The average molecular weight is 230 g/mol. The van der Waals surface area contributed by atoms with Crippen molar-refractivity contribution in [1.82, 2.24) is 0 Å². The number of rotatable bonds is 5. The van der Waals surface area contributed by atoms with Gasteiger partial charge in [0.2, 0.25) is 0 Å². The quantitative estimate of drug-likeness (QED) is 0.573. The molecular weight excluding hydrogens is 215 g/mol. The Balaban J connectivity index is 2.47. The molecule has 0 aromatic carbocycles. The first kappa shape index (κ1) is 12.7. The molecule has 0 spiro atoms. The van der Waals surface area contributed by atoms with E-state index in [4.69, 9.17) is 5.11 Å². The predicted molar refractivity (Wildman–Crippen MR) is 54.5 cm³/mol. The van der Waals surface area contributed by atoms with Crippen LogP contribution >= 0.6 is 0 Å². The van der Waals surface area contributed by atoms with E-state index in [1.807, 2.05) is 13.8 Å². The van der Waals surface area contributed by atoms with Gasteiger partial charge in [-0.15, -0.1) is 0 Å². The Kier molecular flexibility index (Phi) is 3.67. The number of carboxylic acids is 1. The molecule has 0 amide bonds. The van der Waals surface area contributed by atoms with Crippen molar-refractivity contribution in [2.24, 2.45) is 17.3 Å². The molecule has 0 aromatic rings. The summed E-state index contributed by atoms with van der Waals surface area (Å²) in [7, 11) is 0. The summed E-state index contributed by atoms with van der Waals surface area (Å²) in [6.45, 7) is 2.67. The number of hydrogen-bond acceptors (Lipinski definition) is 3. The Hall–Kier alpha value is -1.39. The molecule has 1 fully saturated rings. The molecule has 0 saturated heterocycles. The van der Waals surface area contributed by atoms with Crippen LogP contribution in [0, 0.1) is 17.3 Å². The number of aliphatic carboxylic acids is 1. The van der Waals surface area contributed by atoms with Crippen LogP contribution in [-0.2, 0) is 14.3 Å². The lowest BCUT2D eigenvalue weighted by molar-refractivity contribution is -0.140. The molecule has 0 aromatic heterocycles. The van der Waals surface area contributed by atoms with E-state index in [2.05, 4.69) is 4.74 Å². The fourth-order valence-electron chi connectivity index (χ4n) is 1.88. The fourth-order valence-corrected chi connectivity index (χ4v) is 1.88. The normalized spacial score (nSPS) is 26.7. The van der Waals surface area contributed by atoms with Crippen LogP contribution in [0.3, 0.4) is 0 Å². The Morgan fingerprint density at radius 3 is 2.56 bits per heavy atom. The zero-order chi connectivity index (χ0) is 12.3. The van der Waals surface area contributed by atoms with E-state index in [0.717, 1.165) is 0 Å². The summed E-state index contributed by atoms with van der Waals surface area (Å²) in [5.41, 5.74) is -0.331. The van der Waals surface area contributed by atoms with Gasteiger partial charge >= 0.3 is 11.9 Å². The summed E-state index contributed by atoms with van der Waals surface area (Å²) in [5, 5.41) is 8.87. The molecule has 1 N–H and O–H groups in total. The molecule has 0 bridgehead atoms. The Morgan fingerprint density at radius 1 is 1.50 bits per heavy atom. The number of alkyl halides is 1. The molecule has 0 radical (unpaired) electrons. The molecule has 4 nitrogen and oxygen atoms in total. The number of carbonyl (C=O) groups excluding carboxylic acids is 1. The van der Waals surface area contributed by atoms with E-state index >= 15 is 0 Å². The van der Waals surface area contributed by atoms with Crippen LogP contribution in [0.25, 0.3) is 0 Å². The standard InChI is InChI=1S/C11H15FO4/c1-11(2)7(9(11)10(14)15)3-4-8(13)16-6-5-12/h3-4,7,9H,5-6H2,1-2H3,(H,14,15). The van der Waals surface area contributed by atoms with E-state index in [-0.39, 0.29) is 17.9 Å². The first-order valence-electron chi connectivity index (χ1n) is 5.05. The average Bonchev–Trinajstić information content (AvgIpc) is 2.74. The second-order valence-electron chi connectivity index (χ2n) is 4.38. The molecule has 1 aliphatic carbocycles. The number of carboxylic acid groups (broad SMARTS) is 1. The van der Waals surface area contributed by atoms with Crippen molar-refractivity contribution >= 4 is 11.9 Å². The number of hydrogen-bond donors (Lipinski definition) is 1. The molecule has 0 heterocycles. The molecule has 16 heavy (non-hydrogen) atoms. The summed E-state index contributed by atoms with van der Waals surface area (Å²) in [5.74, 6) is -2.12. The van der Waals surface area contributed by atoms with Crippen molar-refractivity contribution in [3.8, 4) is 0 Å². The summed E-state index contributed by atoms with van der Waals surface area (Å²) in [6, 6.07) is 0. The molecule has 1 rings (SSSR count). The van der Waals surface area contributed by atoms with Crippen LogP contribution in [0.1, 0.15) is 13.8 Å². The van der Waals surface area contributed by atoms with E-state index in [1.165, 1.54) is 12.2 Å². The molecule has 0 aliphatic heterocycles. The SMILES string of the molecule is CC1(C)C(C=CC(=O)OCCF)C1C(=O)O. The van der Waals surface area contributed by atoms with Gasteiger partial charge in [-0.05, 0) is 11.3 Å². The zero-order valence-electron chi connectivity index (χ0n) is 9.27. The van der Waals surface area contributed by atoms with Gasteiger partial charge in [0, 0.05) is 6.08 Å². The third-order valence-corrected chi connectivity index (χ3v) is 2.94. The van der Waals surface area contributed by atoms with Crippen LogP contribution in [0.5, 0.6) is 0 Å². The molecule has 5 heteroatoms. The third kappa shape index (κ3) is 2.59. The summed E-state index contributed by atoms with van der Waals surface area (Å²) in [4.78, 5) is 21.8. The Labute approximate surface area is 93.1 Å². The molecule has 2 unspecified atom stereocenters. The van der Waals surface area contributed by atoms with Gasteiger partial charge in [-0.2, -0.15) is 0 Å². The van der Waals surface area contributed by atoms with Gasteiger partial charge < -0.3 is 9.84 Å². The number of ether oxygens (including phenoxy) is 1. The third-order valence-electron chi connectivity index (χ3n) is 2.94. The summed E-state index contributed by atoms with van der Waals surface area (Å²) >= 11 is 0. The second-order valence-corrected chi connectivity index (χ2v) is 4.38. The highest BCUT2D eigenvalue weighted by atomic mass is 19.1. The van der Waals surface area contributed by atoms with Crippen molar-refractivity contribution < 1.29 is 23.8 Å². The molecule has 2 atom stereocenters. The fraction of sp³-hybridized carbons (Fsp3) is 0.636. The molecule has 90 valence electrons. The van der Waals surface area contributed by atoms with E-state index in [9.17, 15) is 14.0 Å². The van der Waals surface area contributed by atoms with Crippen molar-refractivity contribution in [2.45, 2.75) is 13.8 Å². The molecular formula is C11H15FO4. The summed E-state index contributed by atoms with van der Waals surface area (Å²) < 4.78 is 16.2. The van der Waals surface area contributed by atoms with E-state index in [1.54, 1.807) is 0 Å². The van der Waals surface area contributed by atoms with Gasteiger partial charge in [-0.3, -0.25) is 4.79 Å². The topological polar surface area (TPSA) is 63.6 Å². The zero-order valence-corrected chi connectivity index (χ0v) is 9.27. The van der Waals surface area contributed by atoms with E-state index in [0.29, 0.717) is 0 Å². The maximum absolute atomic E-state index is 11.7. The highest BCUT2D eigenvalue weighted by molar-refractivity contribution is 5.83. The number of esters is 1. The monoisotopic (exact) mass is 230 g/mol. The number of allylic oxidation sites excluding steroid dienone is 1. The minimum atomic E-state index is -0.864. The van der Waals surface area contributed by atoms with Crippen LogP contribution < -0.4 is 0 Å². The van der Waals surface area contributed by atoms with Gasteiger partial charge in [0.25, 0.3) is 0 Å². The van der Waals surface area contributed by atoms with Crippen LogP contribution in [0.15, 0.2) is 12.2 Å². The van der Waals surface area contributed by atoms with Crippen molar-refractivity contribution in [1.29, 1.82) is 0 Å². The van der Waals surface area contributed by atoms with Gasteiger partial charge in [0.15, 0.2) is 0 Å². The smallest absolute Gasteiger partial charge is 0.330 e. The minimum absolute atomic E-state index is 0.164. The van der Waals surface area contributed by atoms with E-state index < -0.39 is 24.5 Å². The lowest BCUT2D eigenvalue weighted by Gasteiger charge is -1.97. The number of halogens is 1. The highest BCUT2D eigenvalue weighted by Gasteiger charge is 2.60. The maximum Gasteiger partial charge on any atom is 0.330 e. The second kappa shape index (κ2) is 4.63. The maximum atomic E-state index is 11.7. The van der Waals surface area contributed by atoms with Gasteiger partial charge in [-0.25, -0.2) is 9.18 Å². The van der Waals surface area contributed by atoms with Crippen molar-refractivity contribution in [3.63, 3.8) is 0 Å². The van der Waals surface area contributed by atoms with Gasteiger partial charge in [0.1, 0.15) is 13.3 Å². The lowest BCUT2D eigenvalue weighted by atomic mass is 10.1. The summed E-state index contributed by atoms with van der Waals surface area (Å²) in [6.07, 6.45) is 2.70. The lowest BCUT2D eigenvalue weighted by Crippen LogP contribution is -2.04. The van der Waals surface area contributed by atoms with Crippen LogP contribution in [0.2, 0.25) is 0 Å². The molecule has 1 aliphatic rings. The minimum Gasteiger partial charge on any atom is -0.481 e. The van der Waals surface area contributed by atoms with Crippen molar-refractivity contribution in [2.75, 3.05) is 13.3 Å². The van der Waals surface area contributed by atoms with Crippen LogP contribution in [0.4, 0.5) is 4.39 Å². The number of carbonyl (C=O) groups is 2. The van der Waals surface area contributed by atoms with Crippen molar-refractivity contribution in [3.05, 3.63) is 12.2 Å². The Bertz CT molecular complexity index is 322. The first-order chi connectivity index (χ1) is 7.41. The molecule has 1 saturated carbocycles. The van der Waals surface area contributed by atoms with Gasteiger partial charge in [0.05, 0.1) is 5.92 Å². The van der Waals surface area contributed by atoms with Crippen LogP contribution in [-0.4, -0.2) is 30.3 Å². The highest BCUT2D eigenvalue weighted by Crippen LogP contribution is 2.58. The Morgan fingerprint density at radius 2 is 2.12 bits per heavy atom. The predicted octanol–water partition coefficient (Wildman–Crippen LogP) is 1.41. The largest absolute Gasteiger partial charge is 0.481 e.